The van der Waals surface area contributed by atoms with E-state index >= 15 is 0 Å². The van der Waals surface area contributed by atoms with Crippen molar-refractivity contribution in [2.75, 3.05) is 13.1 Å². The number of hydrogen-bond acceptors (Lipinski definition) is 3. The van der Waals surface area contributed by atoms with Crippen LogP contribution in [-0.4, -0.2) is 37.0 Å². The molecule has 0 radical (unpaired) electrons. The largest absolute Gasteiger partial charge is 0.444 e. The Balaban J connectivity index is 2.42. The van der Waals surface area contributed by atoms with Crippen molar-refractivity contribution in [1.82, 2.24) is 10.6 Å². The lowest BCUT2D eigenvalue weighted by Gasteiger charge is -2.24. The van der Waals surface area contributed by atoms with Gasteiger partial charge in [0.25, 0.3) is 0 Å². The van der Waals surface area contributed by atoms with Crippen molar-refractivity contribution in [2.45, 2.75) is 51.4 Å². The third-order valence-electron chi connectivity index (χ3n) is 2.37. The first-order valence-electron chi connectivity index (χ1n) is 5.73. The number of alkyl carbamates (subject to hydrolysis) is 1. The van der Waals surface area contributed by atoms with Gasteiger partial charge in [-0.1, -0.05) is 0 Å². The molecule has 0 bridgehead atoms. The number of amides is 1. The van der Waals surface area contributed by atoms with Crippen LogP contribution in [0.15, 0.2) is 0 Å². The third-order valence-corrected chi connectivity index (χ3v) is 2.37. The van der Waals surface area contributed by atoms with Crippen LogP contribution in [0.25, 0.3) is 0 Å². The molecular formula is C11H21FN2O2. The highest BCUT2D eigenvalue weighted by atomic mass is 19.1. The Labute approximate surface area is 95.9 Å². The maximum Gasteiger partial charge on any atom is 0.407 e. The van der Waals surface area contributed by atoms with Gasteiger partial charge in [0.15, 0.2) is 0 Å². The van der Waals surface area contributed by atoms with Crippen molar-refractivity contribution in [2.24, 2.45) is 0 Å². The quantitative estimate of drug-likeness (QED) is 0.722. The normalized spacial score (nSPS) is 27.0. The van der Waals surface area contributed by atoms with Gasteiger partial charge >= 0.3 is 6.09 Å². The molecule has 0 aromatic carbocycles. The number of carbonyl (C=O) groups is 1. The van der Waals surface area contributed by atoms with Gasteiger partial charge in [-0.3, -0.25) is 0 Å². The third kappa shape index (κ3) is 4.79. The Morgan fingerprint density at radius 3 is 2.62 bits per heavy atom. The lowest BCUT2D eigenvalue weighted by atomic mass is 10.1. The molecule has 16 heavy (non-hydrogen) atoms. The van der Waals surface area contributed by atoms with Crippen molar-refractivity contribution >= 4 is 6.09 Å². The van der Waals surface area contributed by atoms with Crippen LogP contribution in [0.1, 0.15) is 33.6 Å². The molecule has 5 heteroatoms. The maximum absolute atomic E-state index is 13.6. The highest BCUT2D eigenvalue weighted by molar-refractivity contribution is 5.68. The fourth-order valence-electron chi connectivity index (χ4n) is 1.63. The molecule has 0 unspecified atom stereocenters. The summed E-state index contributed by atoms with van der Waals surface area (Å²) in [6, 6.07) is -0.440. The van der Waals surface area contributed by atoms with Crippen LogP contribution in [0.2, 0.25) is 0 Å². The summed E-state index contributed by atoms with van der Waals surface area (Å²) >= 11 is 0. The van der Waals surface area contributed by atoms with E-state index in [1.54, 1.807) is 20.8 Å². The average molecular weight is 232 g/mol. The molecule has 0 aliphatic carbocycles. The predicted octanol–water partition coefficient (Wildman–Crippen LogP) is 1.60. The maximum atomic E-state index is 13.6. The van der Waals surface area contributed by atoms with E-state index in [2.05, 4.69) is 10.6 Å². The smallest absolute Gasteiger partial charge is 0.407 e. The zero-order chi connectivity index (χ0) is 12.2. The molecule has 1 rings (SSSR count). The van der Waals surface area contributed by atoms with Gasteiger partial charge in [-0.25, -0.2) is 9.18 Å². The molecule has 1 saturated heterocycles. The summed E-state index contributed by atoms with van der Waals surface area (Å²) in [7, 11) is 0. The number of rotatable bonds is 1. The highest BCUT2D eigenvalue weighted by Crippen LogP contribution is 2.12. The number of alkyl halides is 1. The van der Waals surface area contributed by atoms with Crippen molar-refractivity contribution in [1.29, 1.82) is 0 Å². The highest BCUT2D eigenvalue weighted by Gasteiger charge is 2.26. The molecule has 0 aromatic heterocycles. The Morgan fingerprint density at radius 2 is 2.00 bits per heavy atom. The minimum Gasteiger partial charge on any atom is -0.444 e. The Bertz CT molecular complexity index is 241. The van der Waals surface area contributed by atoms with Crippen LogP contribution < -0.4 is 10.6 Å². The van der Waals surface area contributed by atoms with Crippen molar-refractivity contribution in [3.05, 3.63) is 0 Å². The Morgan fingerprint density at radius 1 is 1.38 bits per heavy atom. The molecule has 0 aromatic rings. The minimum atomic E-state index is -0.998. The van der Waals surface area contributed by atoms with Gasteiger partial charge in [0.05, 0.1) is 6.04 Å². The molecule has 1 amide bonds. The molecule has 1 fully saturated rings. The first-order chi connectivity index (χ1) is 7.38. The fourth-order valence-corrected chi connectivity index (χ4v) is 1.63. The molecule has 94 valence electrons. The van der Waals surface area contributed by atoms with E-state index in [4.69, 9.17) is 4.74 Å². The second-order valence-corrected chi connectivity index (χ2v) is 5.10. The monoisotopic (exact) mass is 232 g/mol. The summed E-state index contributed by atoms with van der Waals surface area (Å²) < 4.78 is 18.7. The van der Waals surface area contributed by atoms with E-state index in [0.29, 0.717) is 19.4 Å². The molecule has 1 aliphatic heterocycles. The molecule has 1 aliphatic rings. The molecule has 0 saturated carbocycles. The number of nitrogens with one attached hydrogen (secondary N) is 2. The van der Waals surface area contributed by atoms with Crippen molar-refractivity contribution in [3.63, 3.8) is 0 Å². The van der Waals surface area contributed by atoms with Gasteiger partial charge in [0, 0.05) is 0 Å². The van der Waals surface area contributed by atoms with E-state index < -0.39 is 23.9 Å². The first kappa shape index (κ1) is 13.2. The van der Waals surface area contributed by atoms with Gasteiger partial charge < -0.3 is 15.4 Å². The van der Waals surface area contributed by atoms with Gasteiger partial charge in [0.2, 0.25) is 0 Å². The van der Waals surface area contributed by atoms with Crippen molar-refractivity contribution in [3.8, 4) is 0 Å². The molecule has 4 nitrogen and oxygen atoms in total. The van der Waals surface area contributed by atoms with Gasteiger partial charge in [0.1, 0.15) is 11.8 Å². The fraction of sp³-hybridized carbons (Fsp3) is 0.909. The van der Waals surface area contributed by atoms with Crippen LogP contribution in [0.5, 0.6) is 0 Å². The van der Waals surface area contributed by atoms with E-state index in [0.717, 1.165) is 6.54 Å². The Hall–Kier alpha value is -0.840. The van der Waals surface area contributed by atoms with E-state index in [1.807, 2.05) is 0 Å². The van der Waals surface area contributed by atoms with Gasteiger partial charge in [-0.2, -0.15) is 0 Å². The minimum absolute atomic E-state index is 0.431. The summed E-state index contributed by atoms with van der Waals surface area (Å²) in [5.41, 5.74) is -0.543. The second kappa shape index (κ2) is 5.48. The van der Waals surface area contributed by atoms with E-state index in [9.17, 15) is 9.18 Å². The molecule has 2 N–H and O–H groups in total. The molecule has 2 atom stereocenters. The lowest BCUT2D eigenvalue weighted by Crippen LogP contribution is -2.44. The molecule has 0 spiro atoms. The molecular weight excluding hydrogens is 211 g/mol. The number of ether oxygens (including phenoxy) is 1. The SMILES string of the molecule is CC(C)(C)OC(=O)N[C@@H]1CCNCC[C@@H]1F. The van der Waals surface area contributed by atoms with Crippen LogP contribution in [0.3, 0.4) is 0 Å². The lowest BCUT2D eigenvalue weighted by molar-refractivity contribution is 0.0472. The number of halogens is 1. The zero-order valence-corrected chi connectivity index (χ0v) is 10.2. The Kier molecular flexibility index (Phi) is 4.53. The van der Waals surface area contributed by atoms with Crippen LogP contribution in [-0.2, 0) is 4.74 Å². The number of carbonyl (C=O) groups excluding carboxylic acids is 1. The summed E-state index contributed by atoms with van der Waals surface area (Å²) in [5, 5.41) is 5.69. The zero-order valence-electron chi connectivity index (χ0n) is 10.2. The second-order valence-electron chi connectivity index (χ2n) is 5.10. The summed E-state index contributed by atoms with van der Waals surface area (Å²) in [4.78, 5) is 11.5. The molecule has 1 heterocycles. The van der Waals surface area contributed by atoms with Gasteiger partial charge in [-0.15, -0.1) is 0 Å². The van der Waals surface area contributed by atoms with E-state index in [-0.39, 0.29) is 0 Å². The number of hydrogen-bond donors (Lipinski definition) is 2. The van der Waals surface area contributed by atoms with Crippen LogP contribution >= 0.6 is 0 Å². The standard InChI is InChI=1S/C11H21FN2O2/c1-11(2,3)16-10(15)14-9-5-7-13-6-4-8(9)12/h8-9,13H,4-7H2,1-3H3,(H,14,15)/t8-,9+/m0/s1. The topological polar surface area (TPSA) is 50.4 Å². The summed E-state index contributed by atoms with van der Waals surface area (Å²) in [5.74, 6) is 0. The van der Waals surface area contributed by atoms with E-state index in [1.165, 1.54) is 0 Å². The predicted molar refractivity (Wildman–Crippen MR) is 60.2 cm³/mol. The van der Waals surface area contributed by atoms with Crippen LogP contribution in [0, 0.1) is 0 Å². The summed E-state index contributed by atoms with van der Waals surface area (Å²) in [6.07, 6.45) is -0.509. The van der Waals surface area contributed by atoms with Gasteiger partial charge in [-0.05, 0) is 46.7 Å². The van der Waals surface area contributed by atoms with Crippen LogP contribution in [0.4, 0.5) is 9.18 Å². The summed E-state index contributed by atoms with van der Waals surface area (Å²) in [6.45, 7) is 6.74. The first-order valence-corrected chi connectivity index (χ1v) is 5.73. The van der Waals surface area contributed by atoms with Crippen molar-refractivity contribution < 1.29 is 13.9 Å². The average Bonchev–Trinajstić information content (AvgIpc) is 2.29.